The molecule has 0 spiro atoms. The summed E-state index contributed by atoms with van der Waals surface area (Å²) in [7, 11) is 0. The first-order valence-electron chi connectivity index (χ1n) is 6.34. The topological polar surface area (TPSA) is 38.8 Å². The maximum atomic E-state index is 12.0. The molecule has 0 aromatic heterocycles. The Bertz CT molecular complexity index is 446. The molecular weight excluding hydrogens is 230 g/mol. The molecule has 2 aliphatic rings. The normalized spacial score (nSPS) is 30.7. The van der Waals surface area contributed by atoms with E-state index in [1.54, 1.807) is 4.90 Å². The molecule has 2 aliphatic heterocycles. The van der Waals surface area contributed by atoms with Gasteiger partial charge in [0, 0.05) is 0 Å². The predicted octanol–water partition coefficient (Wildman–Crippen LogP) is 2.56. The van der Waals surface area contributed by atoms with Gasteiger partial charge in [-0.15, -0.1) is 0 Å². The Morgan fingerprint density at radius 3 is 2.67 bits per heavy atom. The highest BCUT2D eigenvalue weighted by molar-refractivity contribution is 5.71. The fourth-order valence-corrected chi connectivity index (χ4v) is 2.64. The second-order valence-corrected chi connectivity index (χ2v) is 5.15. The minimum atomic E-state index is -0.259. The number of fused-ring (bicyclic) bond motifs is 1. The van der Waals surface area contributed by atoms with E-state index < -0.39 is 0 Å². The molecule has 0 N–H and O–H groups in total. The molecule has 0 aliphatic carbocycles. The molecule has 3 rings (SSSR count). The van der Waals surface area contributed by atoms with Crippen molar-refractivity contribution in [2.45, 2.75) is 32.2 Å². The van der Waals surface area contributed by atoms with E-state index in [9.17, 15) is 4.79 Å². The lowest BCUT2D eigenvalue weighted by Crippen LogP contribution is -2.35. The number of carbonyl (C=O) groups excluding carboxylic acids is 1. The highest BCUT2D eigenvalue weighted by Gasteiger charge is 2.51. The van der Waals surface area contributed by atoms with Crippen molar-refractivity contribution >= 4 is 6.09 Å². The smallest absolute Gasteiger partial charge is 0.413 e. The average Bonchev–Trinajstić information content (AvgIpc) is 2.92. The molecule has 4 nitrogen and oxygen atoms in total. The van der Waals surface area contributed by atoms with Crippen molar-refractivity contribution in [3.63, 3.8) is 0 Å². The van der Waals surface area contributed by atoms with E-state index in [0.717, 1.165) is 5.56 Å². The van der Waals surface area contributed by atoms with Crippen LogP contribution in [-0.4, -0.2) is 29.9 Å². The molecular formula is C14H17NO3. The van der Waals surface area contributed by atoms with Crippen LogP contribution in [0.5, 0.6) is 0 Å². The summed E-state index contributed by atoms with van der Waals surface area (Å²) >= 11 is 0. The van der Waals surface area contributed by atoms with Gasteiger partial charge in [0.25, 0.3) is 0 Å². The molecule has 3 atom stereocenters. The molecule has 1 aromatic carbocycles. The van der Waals surface area contributed by atoms with E-state index in [-0.39, 0.29) is 30.4 Å². The fraction of sp³-hybridized carbons (Fsp3) is 0.500. The summed E-state index contributed by atoms with van der Waals surface area (Å²) in [6, 6.07) is 9.94. The van der Waals surface area contributed by atoms with Crippen molar-refractivity contribution in [1.29, 1.82) is 0 Å². The number of cyclic esters (lactones) is 1. The van der Waals surface area contributed by atoms with Gasteiger partial charge >= 0.3 is 6.09 Å². The Labute approximate surface area is 106 Å². The largest absolute Gasteiger partial charge is 0.441 e. The van der Waals surface area contributed by atoms with Crippen LogP contribution in [-0.2, 0) is 9.47 Å². The van der Waals surface area contributed by atoms with E-state index >= 15 is 0 Å². The van der Waals surface area contributed by atoms with Crippen LogP contribution in [0.15, 0.2) is 30.3 Å². The summed E-state index contributed by atoms with van der Waals surface area (Å²) in [5, 5.41) is 0. The van der Waals surface area contributed by atoms with E-state index in [1.165, 1.54) is 0 Å². The highest BCUT2D eigenvalue weighted by atomic mass is 16.6. The van der Waals surface area contributed by atoms with E-state index in [0.29, 0.717) is 6.61 Å². The molecule has 0 saturated carbocycles. The molecule has 96 valence electrons. The zero-order valence-corrected chi connectivity index (χ0v) is 10.6. The van der Waals surface area contributed by atoms with Gasteiger partial charge in [-0.1, -0.05) is 44.2 Å². The van der Waals surface area contributed by atoms with Crippen molar-refractivity contribution < 1.29 is 14.3 Å². The number of amides is 1. The van der Waals surface area contributed by atoms with E-state index in [2.05, 4.69) is 0 Å². The summed E-state index contributed by atoms with van der Waals surface area (Å²) < 4.78 is 11.2. The maximum absolute atomic E-state index is 12.0. The first-order chi connectivity index (χ1) is 8.68. The van der Waals surface area contributed by atoms with Gasteiger partial charge in [0.2, 0.25) is 0 Å². The minimum absolute atomic E-state index is 0.0209. The molecule has 4 heteroatoms. The Balaban J connectivity index is 1.88. The second kappa shape index (κ2) is 4.28. The number of rotatable bonds is 2. The maximum Gasteiger partial charge on any atom is 0.413 e. The Morgan fingerprint density at radius 1 is 1.28 bits per heavy atom. The van der Waals surface area contributed by atoms with Gasteiger partial charge in [-0.05, 0) is 11.5 Å². The van der Waals surface area contributed by atoms with Gasteiger partial charge in [-0.3, -0.25) is 4.90 Å². The molecule has 1 amide bonds. The standard InChI is InChI=1S/C14H17NO3/c1-9(2)12-13-15(14(16)18-12)11(8-17-13)10-6-4-3-5-7-10/h3-7,9,11-13H,8H2,1-2H3/t11-,12+,13+/m0/s1. The van der Waals surface area contributed by atoms with Gasteiger partial charge < -0.3 is 9.47 Å². The third-order valence-electron chi connectivity index (χ3n) is 3.60. The second-order valence-electron chi connectivity index (χ2n) is 5.15. The van der Waals surface area contributed by atoms with Gasteiger partial charge in [0.05, 0.1) is 12.6 Å². The lowest BCUT2D eigenvalue weighted by atomic mass is 10.0. The molecule has 2 heterocycles. The quantitative estimate of drug-likeness (QED) is 0.806. The van der Waals surface area contributed by atoms with E-state index in [1.807, 2.05) is 44.2 Å². The zero-order valence-electron chi connectivity index (χ0n) is 10.6. The van der Waals surface area contributed by atoms with Crippen LogP contribution < -0.4 is 0 Å². The zero-order chi connectivity index (χ0) is 12.7. The predicted molar refractivity (Wildman–Crippen MR) is 65.9 cm³/mol. The Morgan fingerprint density at radius 2 is 2.00 bits per heavy atom. The number of hydrogen-bond acceptors (Lipinski definition) is 3. The van der Waals surface area contributed by atoms with Crippen LogP contribution in [0.1, 0.15) is 25.5 Å². The number of carbonyl (C=O) groups is 1. The first-order valence-corrected chi connectivity index (χ1v) is 6.34. The summed E-state index contributed by atoms with van der Waals surface area (Å²) in [5.74, 6) is 0.262. The summed E-state index contributed by atoms with van der Waals surface area (Å²) in [6.07, 6.45) is -0.654. The molecule has 0 radical (unpaired) electrons. The Hall–Kier alpha value is -1.55. The SMILES string of the molecule is CC(C)[C@H]1OC(=O)N2[C@@H]1OC[C@H]2c1ccccc1. The Kier molecular flexibility index (Phi) is 2.74. The van der Waals surface area contributed by atoms with Crippen LogP contribution in [0, 0.1) is 5.92 Å². The molecule has 0 bridgehead atoms. The minimum Gasteiger partial charge on any atom is -0.441 e. The van der Waals surface area contributed by atoms with Crippen molar-refractivity contribution in [2.75, 3.05) is 6.61 Å². The molecule has 1 aromatic rings. The molecule has 18 heavy (non-hydrogen) atoms. The van der Waals surface area contributed by atoms with E-state index in [4.69, 9.17) is 9.47 Å². The van der Waals surface area contributed by atoms with Gasteiger partial charge in [-0.25, -0.2) is 4.79 Å². The summed E-state index contributed by atoms with van der Waals surface area (Å²) in [5.41, 5.74) is 1.10. The monoisotopic (exact) mass is 247 g/mol. The number of benzene rings is 1. The van der Waals surface area contributed by atoms with Gasteiger partial charge in [0.1, 0.15) is 0 Å². The van der Waals surface area contributed by atoms with Gasteiger partial charge in [0.15, 0.2) is 12.3 Å². The highest BCUT2D eigenvalue weighted by Crippen LogP contribution is 2.39. The molecule has 2 saturated heterocycles. The van der Waals surface area contributed by atoms with Crippen LogP contribution in [0.3, 0.4) is 0 Å². The molecule has 2 fully saturated rings. The number of ether oxygens (including phenoxy) is 2. The van der Waals surface area contributed by atoms with Crippen molar-refractivity contribution in [1.82, 2.24) is 4.90 Å². The van der Waals surface area contributed by atoms with Crippen molar-refractivity contribution in [3.8, 4) is 0 Å². The average molecular weight is 247 g/mol. The first kappa shape index (κ1) is 11.5. The molecule has 0 unspecified atom stereocenters. The fourth-order valence-electron chi connectivity index (χ4n) is 2.64. The van der Waals surface area contributed by atoms with Crippen molar-refractivity contribution in [2.24, 2.45) is 5.92 Å². The third-order valence-corrected chi connectivity index (χ3v) is 3.60. The number of nitrogens with zero attached hydrogens (tertiary/aromatic N) is 1. The summed E-state index contributed by atoms with van der Waals surface area (Å²) in [6.45, 7) is 4.63. The van der Waals surface area contributed by atoms with Crippen LogP contribution >= 0.6 is 0 Å². The lowest BCUT2D eigenvalue weighted by molar-refractivity contribution is -0.0110. The third kappa shape index (κ3) is 1.68. The van der Waals surface area contributed by atoms with Crippen LogP contribution in [0.4, 0.5) is 4.79 Å². The van der Waals surface area contributed by atoms with Crippen LogP contribution in [0.25, 0.3) is 0 Å². The lowest BCUT2D eigenvalue weighted by Gasteiger charge is -2.20. The van der Waals surface area contributed by atoms with Gasteiger partial charge in [-0.2, -0.15) is 0 Å². The van der Waals surface area contributed by atoms with Crippen molar-refractivity contribution in [3.05, 3.63) is 35.9 Å². The number of hydrogen-bond donors (Lipinski definition) is 0. The summed E-state index contributed by atoms with van der Waals surface area (Å²) in [4.78, 5) is 13.7. The van der Waals surface area contributed by atoms with Crippen LogP contribution in [0.2, 0.25) is 0 Å².